The molecule has 7 nitrogen and oxygen atoms in total. The molecule has 1 atom stereocenters. The summed E-state index contributed by atoms with van der Waals surface area (Å²) in [7, 11) is 1.48. The van der Waals surface area contributed by atoms with E-state index in [1.807, 2.05) is 6.92 Å². The average Bonchev–Trinajstić information content (AvgIpc) is 2.74. The van der Waals surface area contributed by atoms with Crippen LogP contribution in [0.1, 0.15) is 5.69 Å². The Morgan fingerprint density at radius 2 is 2.28 bits per heavy atom. The number of hydrogen-bond acceptors (Lipinski definition) is 6. The first-order valence-corrected chi connectivity index (χ1v) is 6.77. The summed E-state index contributed by atoms with van der Waals surface area (Å²) in [6.07, 6.45) is 1.01. The van der Waals surface area contributed by atoms with Gasteiger partial charge in [0, 0.05) is 0 Å². The van der Waals surface area contributed by atoms with Crippen molar-refractivity contribution in [3.05, 3.63) is 12.0 Å². The molecule has 8 heteroatoms. The fraction of sp³-hybridized carbons (Fsp3) is 0.500. The Hall–Kier alpha value is -0.466. The summed E-state index contributed by atoms with van der Waals surface area (Å²) in [4.78, 5) is 13.0. The van der Waals surface area contributed by atoms with Gasteiger partial charge in [-0.3, -0.25) is 0 Å². The van der Waals surface area contributed by atoms with Gasteiger partial charge in [0.1, 0.15) is 0 Å². The maximum absolute atomic E-state index is 8.96. The molecule has 0 aliphatic heterocycles. The van der Waals surface area contributed by atoms with Crippen molar-refractivity contribution in [2.45, 2.75) is 19.9 Å². The number of aryl methyl sites for hydroxylation is 1. The first-order valence-electron chi connectivity index (χ1n) is 5.36. The van der Waals surface area contributed by atoms with Crippen LogP contribution in [0.25, 0.3) is 11.2 Å². The number of aliphatic hydroxyl groups is 1. The van der Waals surface area contributed by atoms with E-state index in [0.717, 1.165) is 50.4 Å². The Balaban J connectivity index is 2.24. The topological polar surface area (TPSA) is 82.3 Å². The van der Waals surface area contributed by atoms with Gasteiger partial charge in [0.25, 0.3) is 0 Å². The maximum atomic E-state index is 8.96. The van der Waals surface area contributed by atoms with Crippen molar-refractivity contribution in [1.29, 1.82) is 0 Å². The zero-order valence-electron chi connectivity index (χ0n) is 10.2. The molecule has 2 aromatic rings. The van der Waals surface area contributed by atoms with Gasteiger partial charge in [-0.25, -0.2) is 0 Å². The normalized spacial score (nSPS) is 13.0. The van der Waals surface area contributed by atoms with Crippen LogP contribution in [0.3, 0.4) is 0 Å². The molecule has 0 aliphatic carbocycles. The molecule has 94 valence electrons. The van der Waals surface area contributed by atoms with Crippen molar-refractivity contribution < 1.29 is 45.5 Å². The van der Waals surface area contributed by atoms with Gasteiger partial charge in [0.15, 0.2) is 0 Å². The van der Waals surface area contributed by atoms with E-state index < -0.39 is 6.29 Å². The number of fused-ring (bicyclic) bond motifs is 1. The Kier molecular flexibility index (Phi) is 4.74. The van der Waals surface area contributed by atoms with E-state index in [1.165, 1.54) is 7.11 Å². The van der Waals surface area contributed by atoms with Crippen LogP contribution in [-0.2, 0) is 47.2 Å². The Morgan fingerprint density at radius 1 is 1.50 bits per heavy atom. The van der Waals surface area contributed by atoms with E-state index in [9.17, 15) is 0 Å². The average molecular weight is 326 g/mol. The van der Waals surface area contributed by atoms with Crippen molar-refractivity contribution >= 4 is 13.8 Å². The summed E-state index contributed by atoms with van der Waals surface area (Å²) in [6.45, 7) is 1.95. The zero-order valence-corrected chi connectivity index (χ0v) is 13.0. The molecule has 0 radical (unpaired) electrons. The summed E-state index contributed by atoms with van der Waals surface area (Å²) in [5.74, 6) is 0. The first kappa shape index (κ1) is 14.0. The van der Waals surface area contributed by atoms with E-state index in [0.29, 0.717) is 0 Å². The minimum atomic E-state index is -0.639. The van der Waals surface area contributed by atoms with E-state index >= 15 is 0 Å². The van der Waals surface area contributed by atoms with Crippen molar-refractivity contribution in [3.8, 4) is 0 Å². The zero-order chi connectivity index (χ0) is 13.1. The quantitative estimate of drug-likeness (QED) is 0.728. The molecule has 0 bridgehead atoms. The molecule has 0 saturated heterocycles. The fourth-order valence-corrected chi connectivity index (χ4v) is 2.34. The van der Waals surface area contributed by atoms with Gasteiger partial charge in [-0.2, -0.15) is 0 Å². The molecular formula is C10H13N4O3Y. The Labute approximate surface area is 124 Å². The van der Waals surface area contributed by atoms with Crippen LogP contribution in [0.4, 0.5) is 0 Å². The van der Waals surface area contributed by atoms with Crippen LogP contribution in [0, 0.1) is 6.92 Å². The van der Waals surface area contributed by atoms with Gasteiger partial charge >= 0.3 is 125 Å². The van der Waals surface area contributed by atoms with Crippen LogP contribution in [-0.4, -0.2) is 44.6 Å². The van der Waals surface area contributed by atoms with Crippen molar-refractivity contribution in [2.24, 2.45) is 0 Å². The second kappa shape index (κ2) is 6.12. The van der Waals surface area contributed by atoms with Gasteiger partial charge in [-0.15, -0.1) is 0 Å². The second-order valence-electron chi connectivity index (χ2n) is 3.70. The molecule has 0 aromatic carbocycles. The van der Waals surface area contributed by atoms with Crippen LogP contribution >= 0.6 is 0 Å². The number of nitrogens with zero attached hydrogens (tertiary/aromatic N) is 4. The molecule has 0 fully saturated rings. The summed E-state index contributed by atoms with van der Waals surface area (Å²) in [5.41, 5.74) is 2.39. The summed E-state index contributed by atoms with van der Waals surface area (Å²) in [5, 5.41) is 8.96. The van der Waals surface area contributed by atoms with Gasteiger partial charge in [-0.05, 0) is 0 Å². The van der Waals surface area contributed by atoms with Crippen LogP contribution in [0.5, 0.6) is 0 Å². The standard InChI is InChI=1S/C10H13N4O3.Y/c1-7-9-10(12-4-11-7)14(5-13-9)6-17-8(3-15)16-2;/h5,8,15H,3,6H2,1-2H3;. The first-order chi connectivity index (χ1) is 8.65. The summed E-state index contributed by atoms with van der Waals surface area (Å²) < 4.78 is 12.9. The van der Waals surface area contributed by atoms with Crippen molar-refractivity contribution in [1.82, 2.24) is 19.5 Å². The summed E-state index contributed by atoms with van der Waals surface area (Å²) in [6, 6.07) is 0. The number of aromatic nitrogens is 4. The van der Waals surface area contributed by atoms with Gasteiger partial charge in [0.2, 0.25) is 0 Å². The van der Waals surface area contributed by atoms with E-state index in [-0.39, 0.29) is 13.3 Å². The molecule has 2 aromatic heterocycles. The minimum absolute atomic E-state index is 0.192. The fourth-order valence-electron chi connectivity index (χ4n) is 1.56. The molecule has 0 spiro atoms. The molecule has 18 heavy (non-hydrogen) atoms. The van der Waals surface area contributed by atoms with E-state index in [4.69, 9.17) is 14.6 Å². The third kappa shape index (κ3) is 2.92. The molecule has 2 rings (SSSR count). The Bertz CT molecular complexity index is 541. The molecule has 0 aliphatic rings. The van der Waals surface area contributed by atoms with Crippen LogP contribution in [0.2, 0.25) is 0 Å². The number of imidazole rings is 1. The predicted octanol–water partition coefficient (Wildman–Crippen LogP) is -0.754. The van der Waals surface area contributed by atoms with Crippen LogP contribution < -0.4 is 2.64 Å². The van der Waals surface area contributed by atoms with Gasteiger partial charge in [0.05, 0.1) is 0 Å². The molecule has 0 amide bonds. The number of ether oxygens (including phenoxy) is 2. The van der Waals surface area contributed by atoms with E-state index in [2.05, 4.69) is 15.0 Å². The third-order valence-corrected chi connectivity index (χ3v) is 3.10. The van der Waals surface area contributed by atoms with Crippen molar-refractivity contribution in [2.75, 3.05) is 13.7 Å². The van der Waals surface area contributed by atoms with E-state index in [1.54, 1.807) is 10.9 Å². The predicted molar refractivity (Wildman–Crippen MR) is 58.7 cm³/mol. The second-order valence-corrected chi connectivity index (χ2v) is 4.97. The number of methoxy groups -OCH3 is 1. The molecule has 0 saturated carbocycles. The third-order valence-electron chi connectivity index (χ3n) is 2.47. The van der Waals surface area contributed by atoms with Crippen LogP contribution in [0.15, 0.2) is 6.33 Å². The number of aliphatic hydroxyl groups excluding tert-OH is 1. The van der Waals surface area contributed by atoms with Gasteiger partial charge in [-0.1, -0.05) is 0 Å². The van der Waals surface area contributed by atoms with Crippen molar-refractivity contribution in [3.63, 3.8) is 0 Å². The number of rotatable bonds is 5. The SMILES string of the molecule is COC(CO)OCn1cnc2c(C)n[c]([Y])nc21. The Morgan fingerprint density at radius 3 is 2.94 bits per heavy atom. The molecule has 2 heterocycles. The summed E-state index contributed by atoms with van der Waals surface area (Å²) >= 11 is 0.851. The molecule has 1 N–H and O–H groups in total. The molecule has 1 unspecified atom stereocenters. The monoisotopic (exact) mass is 326 g/mol. The number of hydrogen-bond donors (Lipinski definition) is 1. The van der Waals surface area contributed by atoms with Gasteiger partial charge < -0.3 is 0 Å². The molecular weight excluding hydrogens is 313 g/mol.